The quantitative estimate of drug-likeness (QED) is 0.671. The number of pyridine rings is 1. The molecule has 2 aromatic rings. The first-order valence-corrected chi connectivity index (χ1v) is 6.94. The molecule has 0 amide bonds. The van der Waals surface area contributed by atoms with Crippen molar-refractivity contribution in [3.63, 3.8) is 0 Å². The van der Waals surface area contributed by atoms with Crippen molar-refractivity contribution in [2.75, 3.05) is 20.2 Å². The van der Waals surface area contributed by atoms with E-state index in [1.807, 2.05) is 0 Å². The van der Waals surface area contributed by atoms with Gasteiger partial charge in [-0.3, -0.25) is 9.69 Å². The van der Waals surface area contributed by atoms with Crippen molar-refractivity contribution < 1.29 is 19.7 Å². The monoisotopic (exact) mass is 308 g/mol. The summed E-state index contributed by atoms with van der Waals surface area (Å²) in [5.41, 5.74) is 0.239. The smallest absolute Gasteiger partial charge is 0.223 e. The fraction of sp³-hybridized carbons (Fsp3) is 0.400. The first kappa shape index (κ1) is 16.3. The van der Waals surface area contributed by atoms with Gasteiger partial charge in [-0.05, 0) is 19.2 Å². The SMILES string of the molecule is CN(CCO)Cc1c(O)c(=O)cc(CO)n1Cc1ccco1. The number of hydrogen-bond acceptors (Lipinski definition) is 6. The molecule has 7 nitrogen and oxygen atoms in total. The van der Waals surface area contributed by atoms with E-state index < -0.39 is 5.43 Å². The summed E-state index contributed by atoms with van der Waals surface area (Å²) in [6, 6.07) is 4.74. The van der Waals surface area contributed by atoms with E-state index in [9.17, 15) is 15.0 Å². The van der Waals surface area contributed by atoms with Gasteiger partial charge < -0.3 is 24.3 Å². The number of aromatic hydroxyl groups is 1. The molecule has 3 N–H and O–H groups in total. The van der Waals surface area contributed by atoms with E-state index >= 15 is 0 Å². The lowest BCUT2D eigenvalue weighted by Crippen LogP contribution is -2.27. The highest BCUT2D eigenvalue weighted by atomic mass is 16.3. The standard InChI is InChI=1S/C15H20N2O5/c1-16(4-5-18)9-13-15(21)14(20)7-11(10-19)17(13)8-12-3-2-6-22-12/h2-3,6-7,18-19,21H,4-5,8-10H2,1H3. The zero-order valence-corrected chi connectivity index (χ0v) is 12.4. The predicted octanol–water partition coefficient (Wildman–Crippen LogP) is 0.112. The Kier molecular flexibility index (Phi) is 5.37. The molecule has 0 spiro atoms. The van der Waals surface area contributed by atoms with E-state index in [1.165, 1.54) is 12.3 Å². The Balaban J connectivity index is 2.46. The third-order valence-corrected chi connectivity index (χ3v) is 3.43. The van der Waals surface area contributed by atoms with Gasteiger partial charge in [0.05, 0.1) is 31.7 Å². The highest BCUT2D eigenvalue weighted by Crippen LogP contribution is 2.19. The van der Waals surface area contributed by atoms with Crippen molar-refractivity contribution in [3.8, 4) is 5.75 Å². The zero-order chi connectivity index (χ0) is 16.1. The number of likely N-dealkylation sites (N-methyl/N-ethyl adjacent to an activating group) is 1. The molecule has 2 aromatic heterocycles. The van der Waals surface area contributed by atoms with Gasteiger partial charge >= 0.3 is 0 Å². The zero-order valence-electron chi connectivity index (χ0n) is 12.4. The Morgan fingerprint density at radius 2 is 2.14 bits per heavy atom. The van der Waals surface area contributed by atoms with Gasteiger partial charge in [-0.1, -0.05) is 0 Å². The molecule has 0 unspecified atom stereocenters. The molecular formula is C15H20N2O5. The van der Waals surface area contributed by atoms with Crippen molar-refractivity contribution >= 4 is 0 Å². The van der Waals surface area contributed by atoms with Crippen LogP contribution >= 0.6 is 0 Å². The van der Waals surface area contributed by atoms with E-state index in [4.69, 9.17) is 9.52 Å². The molecule has 0 aliphatic carbocycles. The highest BCUT2D eigenvalue weighted by Gasteiger charge is 2.17. The van der Waals surface area contributed by atoms with Gasteiger partial charge in [0.2, 0.25) is 5.43 Å². The fourth-order valence-corrected chi connectivity index (χ4v) is 2.29. The topological polar surface area (TPSA) is 99.1 Å². The Morgan fingerprint density at radius 1 is 1.36 bits per heavy atom. The molecule has 22 heavy (non-hydrogen) atoms. The molecule has 120 valence electrons. The minimum Gasteiger partial charge on any atom is -0.503 e. The number of aromatic nitrogens is 1. The van der Waals surface area contributed by atoms with Gasteiger partial charge in [-0.15, -0.1) is 0 Å². The number of hydrogen-bond donors (Lipinski definition) is 3. The average Bonchev–Trinajstić information content (AvgIpc) is 2.99. The maximum atomic E-state index is 11.8. The van der Waals surface area contributed by atoms with Gasteiger partial charge in [0, 0.05) is 24.8 Å². The number of nitrogens with zero attached hydrogens (tertiary/aromatic N) is 2. The molecule has 0 bridgehead atoms. The lowest BCUT2D eigenvalue weighted by Gasteiger charge is -2.22. The van der Waals surface area contributed by atoms with Gasteiger partial charge in [-0.25, -0.2) is 0 Å². The van der Waals surface area contributed by atoms with Gasteiger partial charge in [0.15, 0.2) is 5.75 Å². The van der Waals surface area contributed by atoms with Gasteiger partial charge in [0.1, 0.15) is 5.76 Å². The Bertz CT molecular complexity index is 663. The first-order chi connectivity index (χ1) is 10.6. The maximum absolute atomic E-state index is 11.8. The van der Waals surface area contributed by atoms with Crippen LogP contribution < -0.4 is 5.43 Å². The molecule has 0 fully saturated rings. The van der Waals surface area contributed by atoms with Crippen molar-refractivity contribution in [3.05, 3.63) is 51.8 Å². The second-order valence-corrected chi connectivity index (χ2v) is 5.08. The molecule has 0 atom stereocenters. The maximum Gasteiger partial charge on any atom is 0.223 e. The summed E-state index contributed by atoms with van der Waals surface area (Å²) >= 11 is 0. The summed E-state index contributed by atoms with van der Waals surface area (Å²) in [5.74, 6) is 0.289. The molecule has 0 saturated carbocycles. The molecule has 0 aromatic carbocycles. The van der Waals surface area contributed by atoms with Gasteiger partial charge in [0.25, 0.3) is 0 Å². The van der Waals surface area contributed by atoms with E-state index in [2.05, 4.69) is 0 Å². The first-order valence-electron chi connectivity index (χ1n) is 6.94. The van der Waals surface area contributed by atoms with Crippen LogP contribution in [0.15, 0.2) is 33.7 Å². The molecule has 2 heterocycles. The van der Waals surface area contributed by atoms with E-state index in [0.717, 1.165) is 0 Å². The summed E-state index contributed by atoms with van der Waals surface area (Å²) in [6.45, 7) is 0.596. The van der Waals surface area contributed by atoms with Crippen LogP contribution in [-0.4, -0.2) is 45.0 Å². The van der Waals surface area contributed by atoms with Crippen LogP contribution in [0.4, 0.5) is 0 Å². The van der Waals surface area contributed by atoms with E-state index in [-0.39, 0.29) is 25.5 Å². The minimum absolute atomic E-state index is 0.0284. The second kappa shape index (κ2) is 7.26. The third-order valence-electron chi connectivity index (χ3n) is 3.43. The lowest BCUT2D eigenvalue weighted by atomic mass is 10.2. The average molecular weight is 308 g/mol. The van der Waals surface area contributed by atoms with E-state index in [1.54, 1.807) is 28.6 Å². The largest absolute Gasteiger partial charge is 0.503 e. The summed E-state index contributed by atoms with van der Waals surface area (Å²) in [7, 11) is 1.77. The molecule has 2 rings (SSSR count). The van der Waals surface area contributed by atoms with Crippen LogP contribution in [0.2, 0.25) is 0 Å². The van der Waals surface area contributed by atoms with Crippen molar-refractivity contribution in [2.45, 2.75) is 19.7 Å². The summed E-state index contributed by atoms with van der Waals surface area (Å²) in [4.78, 5) is 13.6. The number of aliphatic hydroxyl groups excluding tert-OH is 2. The fourth-order valence-electron chi connectivity index (χ4n) is 2.29. The van der Waals surface area contributed by atoms with E-state index in [0.29, 0.717) is 30.2 Å². The van der Waals surface area contributed by atoms with Gasteiger partial charge in [-0.2, -0.15) is 0 Å². The Hall–Kier alpha value is -2.09. The molecule has 7 heteroatoms. The molecule has 0 radical (unpaired) electrons. The lowest BCUT2D eigenvalue weighted by molar-refractivity contribution is 0.210. The van der Waals surface area contributed by atoms with Crippen molar-refractivity contribution in [1.29, 1.82) is 0 Å². The third kappa shape index (κ3) is 3.56. The molecule has 0 aliphatic heterocycles. The summed E-state index contributed by atoms with van der Waals surface area (Å²) in [6.07, 6.45) is 1.54. The molecular weight excluding hydrogens is 288 g/mol. The summed E-state index contributed by atoms with van der Waals surface area (Å²) in [5, 5.41) is 28.6. The van der Waals surface area contributed by atoms with Crippen LogP contribution in [0.5, 0.6) is 5.75 Å². The Labute approximate surface area is 127 Å². The van der Waals surface area contributed by atoms with Crippen molar-refractivity contribution in [1.82, 2.24) is 9.47 Å². The Morgan fingerprint density at radius 3 is 2.73 bits per heavy atom. The molecule has 0 saturated heterocycles. The number of rotatable bonds is 7. The van der Waals surface area contributed by atoms with Crippen LogP contribution in [0.1, 0.15) is 17.1 Å². The second-order valence-electron chi connectivity index (χ2n) is 5.08. The minimum atomic E-state index is -0.535. The van der Waals surface area contributed by atoms with Crippen LogP contribution in [-0.2, 0) is 19.7 Å². The summed E-state index contributed by atoms with van der Waals surface area (Å²) < 4.78 is 6.95. The normalized spacial score (nSPS) is 11.3. The van der Waals surface area contributed by atoms with Crippen LogP contribution in [0.3, 0.4) is 0 Å². The predicted molar refractivity (Wildman–Crippen MR) is 79.5 cm³/mol. The number of aliphatic hydroxyl groups is 2. The van der Waals surface area contributed by atoms with Crippen LogP contribution in [0.25, 0.3) is 0 Å². The highest BCUT2D eigenvalue weighted by molar-refractivity contribution is 5.30. The van der Waals surface area contributed by atoms with Crippen LogP contribution in [0, 0.1) is 0 Å². The van der Waals surface area contributed by atoms with Crippen molar-refractivity contribution in [2.24, 2.45) is 0 Å². The molecule has 0 aliphatic rings. The number of furan rings is 1.